The minimum Gasteiger partial charge on any atom is -0.378 e. The van der Waals surface area contributed by atoms with Crippen LogP contribution in [-0.2, 0) is 0 Å². The number of nitrogens with one attached hydrogen (secondary N) is 2. The molecule has 0 bridgehead atoms. The Balaban J connectivity index is 3.03. The van der Waals surface area contributed by atoms with E-state index in [9.17, 15) is 4.79 Å². The van der Waals surface area contributed by atoms with Gasteiger partial charge in [0.2, 0.25) is 0 Å². The summed E-state index contributed by atoms with van der Waals surface area (Å²) in [5.74, 6) is 0. The van der Waals surface area contributed by atoms with E-state index in [2.05, 4.69) is 15.5 Å². The Labute approximate surface area is 81.3 Å². The van der Waals surface area contributed by atoms with Crippen molar-refractivity contribution in [3.63, 3.8) is 0 Å². The summed E-state index contributed by atoms with van der Waals surface area (Å²) in [6.45, 7) is 5.93. The molecule has 0 saturated heterocycles. The van der Waals surface area contributed by atoms with Gasteiger partial charge in [-0.2, -0.15) is 5.10 Å². The van der Waals surface area contributed by atoms with E-state index in [1.807, 2.05) is 20.8 Å². The Hall–Kier alpha value is -1.03. The van der Waals surface area contributed by atoms with E-state index in [4.69, 9.17) is 11.6 Å². The van der Waals surface area contributed by atoms with Gasteiger partial charge in [-0.05, 0) is 20.8 Å². The summed E-state index contributed by atoms with van der Waals surface area (Å²) in [7, 11) is 0. The van der Waals surface area contributed by atoms with Crippen molar-refractivity contribution in [1.29, 1.82) is 0 Å². The number of aromatic nitrogens is 2. The minimum atomic E-state index is -0.379. The number of hydrogen-bond donors (Lipinski definition) is 2. The lowest BCUT2D eigenvalue weighted by Gasteiger charge is -2.21. The smallest absolute Gasteiger partial charge is 0.285 e. The highest BCUT2D eigenvalue weighted by Gasteiger charge is 2.13. The first-order valence-corrected chi connectivity index (χ1v) is 4.29. The Bertz CT molecular complexity index is 353. The van der Waals surface area contributed by atoms with Crippen molar-refractivity contribution in [3.8, 4) is 0 Å². The number of rotatable bonds is 1. The second kappa shape index (κ2) is 3.38. The van der Waals surface area contributed by atoms with Crippen LogP contribution >= 0.6 is 11.6 Å². The van der Waals surface area contributed by atoms with Gasteiger partial charge in [0.05, 0.1) is 11.9 Å². The molecule has 1 rings (SSSR count). The lowest BCUT2D eigenvalue weighted by atomic mass is 10.1. The molecule has 0 radical (unpaired) electrons. The Morgan fingerprint density at radius 3 is 2.69 bits per heavy atom. The predicted molar refractivity (Wildman–Crippen MR) is 53.2 cm³/mol. The van der Waals surface area contributed by atoms with Crippen molar-refractivity contribution in [2.45, 2.75) is 26.3 Å². The molecule has 13 heavy (non-hydrogen) atoms. The van der Waals surface area contributed by atoms with Crippen LogP contribution in [0.4, 0.5) is 5.69 Å². The monoisotopic (exact) mass is 201 g/mol. The van der Waals surface area contributed by atoms with Gasteiger partial charge in [0, 0.05) is 5.54 Å². The van der Waals surface area contributed by atoms with Crippen LogP contribution in [0.15, 0.2) is 11.0 Å². The number of hydrogen-bond acceptors (Lipinski definition) is 3. The standard InChI is InChI=1S/C8H12ClN3O/c1-8(2,3)11-5-4-10-12-7(13)6(5)9/h4H,1-3H3,(H2,11,12,13). The molecule has 0 unspecified atom stereocenters. The number of aromatic amines is 1. The van der Waals surface area contributed by atoms with Crippen molar-refractivity contribution in [2.24, 2.45) is 0 Å². The molecular weight excluding hydrogens is 190 g/mol. The molecule has 0 spiro atoms. The molecular formula is C8H12ClN3O. The fourth-order valence-corrected chi connectivity index (χ4v) is 1.01. The molecule has 72 valence electrons. The quantitative estimate of drug-likeness (QED) is 0.726. The van der Waals surface area contributed by atoms with E-state index in [0.717, 1.165) is 0 Å². The molecule has 0 aliphatic heterocycles. The van der Waals surface area contributed by atoms with Crippen molar-refractivity contribution in [2.75, 3.05) is 5.32 Å². The van der Waals surface area contributed by atoms with E-state index in [-0.39, 0.29) is 16.1 Å². The molecule has 0 amide bonds. The third-order valence-corrected chi connectivity index (χ3v) is 1.68. The average molecular weight is 202 g/mol. The van der Waals surface area contributed by atoms with Gasteiger partial charge >= 0.3 is 0 Å². The maximum absolute atomic E-state index is 11.0. The molecule has 0 fully saturated rings. The van der Waals surface area contributed by atoms with Crippen molar-refractivity contribution in [3.05, 3.63) is 21.6 Å². The first-order chi connectivity index (χ1) is 5.90. The highest BCUT2D eigenvalue weighted by Crippen LogP contribution is 2.18. The lowest BCUT2D eigenvalue weighted by Crippen LogP contribution is -2.27. The highest BCUT2D eigenvalue weighted by molar-refractivity contribution is 6.32. The van der Waals surface area contributed by atoms with Crippen molar-refractivity contribution < 1.29 is 0 Å². The van der Waals surface area contributed by atoms with E-state index in [1.54, 1.807) is 0 Å². The van der Waals surface area contributed by atoms with Crippen LogP contribution in [-0.4, -0.2) is 15.7 Å². The van der Waals surface area contributed by atoms with Gasteiger partial charge in [-0.25, -0.2) is 5.10 Å². The molecule has 0 aliphatic carbocycles. The van der Waals surface area contributed by atoms with E-state index < -0.39 is 0 Å². The summed E-state index contributed by atoms with van der Waals surface area (Å²) in [6.07, 6.45) is 1.50. The average Bonchev–Trinajstić information content (AvgIpc) is 1.96. The second-order valence-electron chi connectivity index (χ2n) is 3.80. The second-order valence-corrected chi connectivity index (χ2v) is 4.18. The molecule has 1 heterocycles. The molecule has 1 aromatic rings. The Morgan fingerprint density at radius 1 is 1.54 bits per heavy atom. The largest absolute Gasteiger partial charge is 0.378 e. The fraction of sp³-hybridized carbons (Fsp3) is 0.500. The van der Waals surface area contributed by atoms with Crippen LogP contribution in [0.25, 0.3) is 0 Å². The summed E-state index contributed by atoms with van der Waals surface area (Å²) in [4.78, 5) is 11.0. The van der Waals surface area contributed by atoms with Gasteiger partial charge in [0.25, 0.3) is 5.56 Å². The van der Waals surface area contributed by atoms with Crippen LogP contribution < -0.4 is 10.9 Å². The molecule has 0 aliphatic rings. The van der Waals surface area contributed by atoms with Gasteiger partial charge in [-0.3, -0.25) is 4.79 Å². The molecule has 0 saturated carbocycles. The van der Waals surface area contributed by atoms with Crippen LogP contribution in [0, 0.1) is 0 Å². The third kappa shape index (κ3) is 2.73. The summed E-state index contributed by atoms with van der Waals surface area (Å²) >= 11 is 5.75. The lowest BCUT2D eigenvalue weighted by molar-refractivity contribution is 0.633. The van der Waals surface area contributed by atoms with Crippen LogP contribution in [0.3, 0.4) is 0 Å². The first kappa shape index (κ1) is 10.1. The van der Waals surface area contributed by atoms with Gasteiger partial charge in [0.1, 0.15) is 5.02 Å². The Morgan fingerprint density at radius 2 is 2.15 bits per heavy atom. The summed E-state index contributed by atoms with van der Waals surface area (Å²) in [5, 5.41) is 9.11. The van der Waals surface area contributed by atoms with Crippen molar-refractivity contribution in [1.82, 2.24) is 10.2 Å². The predicted octanol–water partition coefficient (Wildman–Crippen LogP) is 1.63. The zero-order valence-corrected chi connectivity index (χ0v) is 8.57. The summed E-state index contributed by atoms with van der Waals surface area (Å²) in [5.41, 5.74) is 0.0351. The van der Waals surface area contributed by atoms with Gasteiger partial charge in [-0.15, -0.1) is 0 Å². The molecule has 0 atom stereocenters. The molecule has 2 N–H and O–H groups in total. The number of H-pyrrole nitrogens is 1. The van der Waals surface area contributed by atoms with Crippen LogP contribution in [0.1, 0.15) is 20.8 Å². The van der Waals surface area contributed by atoms with Gasteiger partial charge < -0.3 is 5.32 Å². The number of anilines is 1. The molecule has 0 aromatic carbocycles. The SMILES string of the molecule is CC(C)(C)Nc1cn[nH]c(=O)c1Cl. The third-order valence-electron chi connectivity index (χ3n) is 1.31. The number of halogens is 1. The zero-order valence-electron chi connectivity index (χ0n) is 7.81. The van der Waals surface area contributed by atoms with Crippen molar-refractivity contribution >= 4 is 17.3 Å². The normalized spacial score (nSPS) is 11.4. The van der Waals surface area contributed by atoms with Gasteiger partial charge in [-0.1, -0.05) is 11.6 Å². The van der Waals surface area contributed by atoms with Crippen LogP contribution in [0.5, 0.6) is 0 Å². The topological polar surface area (TPSA) is 57.8 Å². The zero-order chi connectivity index (χ0) is 10.1. The highest BCUT2D eigenvalue weighted by atomic mass is 35.5. The Kier molecular flexibility index (Phi) is 2.61. The number of nitrogens with zero attached hydrogens (tertiary/aromatic N) is 1. The van der Waals surface area contributed by atoms with E-state index in [0.29, 0.717) is 5.69 Å². The molecule has 4 nitrogen and oxygen atoms in total. The fourth-order valence-electron chi connectivity index (χ4n) is 0.875. The minimum absolute atomic E-state index is 0.140. The maximum Gasteiger partial charge on any atom is 0.285 e. The van der Waals surface area contributed by atoms with Gasteiger partial charge in [0.15, 0.2) is 0 Å². The van der Waals surface area contributed by atoms with Crippen LogP contribution in [0.2, 0.25) is 5.02 Å². The molecule has 1 aromatic heterocycles. The van der Waals surface area contributed by atoms with E-state index in [1.165, 1.54) is 6.20 Å². The first-order valence-electron chi connectivity index (χ1n) is 3.91. The molecule has 5 heteroatoms. The summed E-state index contributed by atoms with van der Waals surface area (Å²) < 4.78 is 0. The maximum atomic E-state index is 11.0. The summed E-state index contributed by atoms with van der Waals surface area (Å²) in [6, 6.07) is 0. The van der Waals surface area contributed by atoms with E-state index >= 15 is 0 Å².